The number of carbonyl (C=O) groups excluding carboxylic acids is 2. The second-order valence-corrected chi connectivity index (χ2v) is 2.69. The lowest BCUT2D eigenvalue weighted by atomic mass is 10.1. The zero-order valence-corrected chi connectivity index (χ0v) is 8.96. The van der Waals surface area contributed by atoms with Gasteiger partial charge in [0.25, 0.3) is 11.8 Å². The van der Waals surface area contributed by atoms with Crippen LogP contribution in [-0.4, -0.2) is 18.9 Å². The molecular weight excluding hydrogens is 194 g/mol. The molecule has 0 unspecified atom stereocenters. The first-order valence-electron chi connectivity index (χ1n) is 4.76. The van der Waals surface area contributed by atoms with Crippen molar-refractivity contribution in [3.05, 3.63) is 29.3 Å². The van der Waals surface area contributed by atoms with Crippen LogP contribution >= 0.6 is 0 Å². The molecule has 4 nitrogen and oxygen atoms in total. The molecule has 0 saturated heterocycles. The molecule has 0 aromatic heterocycles. The molecule has 2 rings (SSSR count). The van der Waals surface area contributed by atoms with Crippen molar-refractivity contribution in [3.63, 3.8) is 0 Å². The van der Waals surface area contributed by atoms with Gasteiger partial charge < -0.3 is 4.74 Å². The number of benzene rings is 1. The average Bonchev–Trinajstić information content (AvgIpc) is 2.57. The largest absolute Gasteiger partial charge is 0.497 e. The highest BCUT2D eigenvalue weighted by atomic mass is 16.5. The highest BCUT2D eigenvalue weighted by Crippen LogP contribution is 2.21. The molecule has 1 aromatic rings. The van der Waals surface area contributed by atoms with E-state index in [1.807, 2.05) is 13.8 Å². The minimum Gasteiger partial charge on any atom is -0.497 e. The number of carbonyl (C=O) groups is 2. The Kier molecular flexibility index (Phi) is 3.44. The van der Waals surface area contributed by atoms with Gasteiger partial charge in [0.2, 0.25) is 0 Å². The summed E-state index contributed by atoms with van der Waals surface area (Å²) in [6.45, 7) is 4.00. The highest BCUT2D eigenvalue weighted by Gasteiger charge is 2.26. The normalized spacial score (nSPS) is 12.5. The van der Waals surface area contributed by atoms with Crippen LogP contribution in [0.1, 0.15) is 34.6 Å². The number of ether oxygens (including phenoxy) is 1. The Morgan fingerprint density at radius 1 is 1.07 bits per heavy atom. The summed E-state index contributed by atoms with van der Waals surface area (Å²) in [5.74, 6) is -0.134. The molecule has 0 bridgehead atoms. The third-order valence-electron chi connectivity index (χ3n) is 1.94. The minimum absolute atomic E-state index is 0.345. The first-order valence-corrected chi connectivity index (χ1v) is 4.76. The molecule has 15 heavy (non-hydrogen) atoms. The number of rotatable bonds is 1. The molecule has 80 valence electrons. The predicted molar refractivity (Wildman–Crippen MR) is 56.1 cm³/mol. The van der Waals surface area contributed by atoms with Crippen LogP contribution in [0.2, 0.25) is 0 Å². The van der Waals surface area contributed by atoms with Crippen molar-refractivity contribution < 1.29 is 14.3 Å². The number of nitrogens with one attached hydrogen (secondary N) is 1. The van der Waals surface area contributed by atoms with Crippen LogP contribution in [0.5, 0.6) is 5.75 Å². The van der Waals surface area contributed by atoms with Crippen LogP contribution < -0.4 is 10.1 Å². The quantitative estimate of drug-likeness (QED) is 0.712. The van der Waals surface area contributed by atoms with Gasteiger partial charge in [0.15, 0.2) is 0 Å². The number of methoxy groups -OCH3 is 1. The predicted octanol–water partition coefficient (Wildman–Crippen LogP) is 1.60. The summed E-state index contributed by atoms with van der Waals surface area (Å²) in [6, 6.07) is 4.78. The van der Waals surface area contributed by atoms with Crippen molar-refractivity contribution >= 4 is 11.8 Å². The number of amides is 2. The summed E-state index contributed by atoms with van der Waals surface area (Å²) >= 11 is 0. The fraction of sp³-hybridized carbons (Fsp3) is 0.273. The molecule has 0 aliphatic carbocycles. The van der Waals surface area contributed by atoms with Gasteiger partial charge in [-0.3, -0.25) is 14.9 Å². The molecule has 0 fully saturated rings. The van der Waals surface area contributed by atoms with E-state index in [0.29, 0.717) is 16.9 Å². The van der Waals surface area contributed by atoms with E-state index < -0.39 is 0 Å². The van der Waals surface area contributed by atoms with E-state index in [4.69, 9.17) is 4.74 Å². The molecule has 0 spiro atoms. The van der Waals surface area contributed by atoms with Crippen molar-refractivity contribution in [2.45, 2.75) is 13.8 Å². The summed E-state index contributed by atoms with van der Waals surface area (Å²) < 4.78 is 4.93. The van der Waals surface area contributed by atoms with E-state index in [9.17, 15) is 9.59 Å². The zero-order chi connectivity index (χ0) is 11.4. The first-order chi connectivity index (χ1) is 7.22. The van der Waals surface area contributed by atoms with Crippen molar-refractivity contribution in [2.24, 2.45) is 0 Å². The number of hydrogen-bond donors (Lipinski definition) is 1. The van der Waals surface area contributed by atoms with Crippen molar-refractivity contribution in [1.29, 1.82) is 0 Å². The van der Waals surface area contributed by atoms with Crippen LogP contribution in [0.15, 0.2) is 18.2 Å². The molecule has 1 aliphatic rings. The van der Waals surface area contributed by atoms with Gasteiger partial charge in [0.1, 0.15) is 5.75 Å². The maximum Gasteiger partial charge on any atom is 0.259 e. The molecule has 1 N–H and O–H groups in total. The fourth-order valence-corrected chi connectivity index (χ4v) is 1.27. The Morgan fingerprint density at radius 3 is 2.27 bits per heavy atom. The highest BCUT2D eigenvalue weighted by molar-refractivity contribution is 6.21. The van der Waals surface area contributed by atoms with Gasteiger partial charge >= 0.3 is 0 Å². The van der Waals surface area contributed by atoms with Crippen molar-refractivity contribution in [1.82, 2.24) is 5.32 Å². The summed E-state index contributed by atoms with van der Waals surface area (Å²) in [7, 11) is 1.51. The second-order valence-electron chi connectivity index (χ2n) is 2.69. The van der Waals surface area contributed by atoms with Gasteiger partial charge in [-0.15, -0.1) is 0 Å². The van der Waals surface area contributed by atoms with Crippen LogP contribution in [0.3, 0.4) is 0 Å². The number of imide groups is 1. The minimum atomic E-state index is -0.362. The monoisotopic (exact) mass is 207 g/mol. The molecule has 4 heteroatoms. The Morgan fingerprint density at radius 2 is 1.67 bits per heavy atom. The first kappa shape index (κ1) is 11.2. The Hall–Kier alpha value is -1.84. The van der Waals surface area contributed by atoms with Gasteiger partial charge in [0, 0.05) is 0 Å². The third kappa shape index (κ3) is 1.98. The molecule has 1 aliphatic heterocycles. The van der Waals surface area contributed by atoms with Gasteiger partial charge in [-0.2, -0.15) is 0 Å². The lowest BCUT2D eigenvalue weighted by Gasteiger charge is -1.99. The van der Waals surface area contributed by atoms with Crippen molar-refractivity contribution in [2.75, 3.05) is 7.11 Å². The molecule has 0 saturated carbocycles. The molecule has 0 atom stereocenters. The van der Waals surface area contributed by atoms with E-state index in [2.05, 4.69) is 5.32 Å². The number of hydrogen-bond acceptors (Lipinski definition) is 3. The maximum absolute atomic E-state index is 11.2. The van der Waals surface area contributed by atoms with Crippen LogP contribution in [0.4, 0.5) is 0 Å². The number of fused-ring (bicyclic) bond motifs is 1. The van der Waals surface area contributed by atoms with Gasteiger partial charge in [-0.1, -0.05) is 13.8 Å². The van der Waals surface area contributed by atoms with Crippen LogP contribution in [0.25, 0.3) is 0 Å². The van der Waals surface area contributed by atoms with E-state index in [1.165, 1.54) is 7.11 Å². The molecule has 2 amide bonds. The third-order valence-corrected chi connectivity index (χ3v) is 1.94. The summed E-state index contributed by atoms with van der Waals surface area (Å²) in [6.07, 6.45) is 0. The SMILES string of the molecule is CC.COc1ccc2c(c1)C(=O)NC2=O. The summed E-state index contributed by atoms with van der Waals surface area (Å²) in [5.41, 5.74) is 0.787. The van der Waals surface area contributed by atoms with Crippen molar-refractivity contribution in [3.8, 4) is 5.75 Å². The smallest absolute Gasteiger partial charge is 0.259 e. The standard InChI is InChI=1S/C9H7NO3.C2H6/c1-13-5-2-3-6-7(4-5)9(12)10-8(6)11;1-2/h2-4H,1H3,(H,10,11,12);1-2H3. The molecule has 0 radical (unpaired) electrons. The van der Waals surface area contributed by atoms with E-state index >= 15 is 0 Å². The topological polar surface area (TPSA) is 55.4 Å². The van der Waals surface area contributed by atoms with Gasteiger partial charge in [-0.25, -0.2) is 0 Å². The average molecular weight is 207 g/mol. The van der Waals surface area contributed by atoms with Crippen LogP contribution in [-0.2, 0) is 0 Å². The molecule has 1 heterocycles. The molecular formula is C11H13NO3. The van der Waals surface area contributed by atoms with Gasteiger partial charge in [-0.05, 0) is 18.2 Å². The zero-order valence-electron chi connectivity index (χ0n) is 8.96. The Bertz CT molecular complexity index is 399. The fourth-order valence-electron chi connectivity index (χ4n) is 1.27. The molecule has 1 aromatic carbocycles. The van der Waals surface area contributed by atoms with E-state index in [1.54, 1.807) is 18.2 Å². The Balaban J connectivity index is 0.000000531. The lowest BCUT2D eigenvalue weighted by molar-refractivity contribution is 0.0879. The second kappa shape index (κ2) is 4.59. The summed E-state index contributed by atoms with van der Waals surface area (Å²) in [5, 5.41) is 2.20. The Labute approximate surface area is 88.2 Å². The van der Waals surface area contributed by atoms with E-state index in [-0.39, 0.29) is 11.8 Å². The maximum atomic E-state index is 11.2. The van der Waals surface area contributed by atoms with Crippen LogP contribution in [0, 0.1) is 0 Å². The summed E-state index contributed by atoms with van der Waals surface area (Å²) in [4.78, 5) is 22.3. The van der Waals surface area contributed by atoms with E-state index in [0.717, 1.165) is 0 Å². The van der Waals surface area contributed by atoms with Gasteiger partial charge in [0.05, 0.1) is 18.2 Å². The lowest BCUT2D eigenvalue weighted by Crippen LogP contribution is -2.19.